The molecule has 1 spiro atoms. The largest absolute Gasteiger partial charge is 0.499 e. The topological polar surface area (TPSA) is 162 Å². The predicted octanol–water partition coefficient (Wildman–Crippen LogP) is 2.34. The zero-order valence-corrected chi connectivity index (χ0v) is 29.1. The molecule has 51 heavy (non-hydrogen) atoms. The van der Waals surface area contributed by atoms with E-state index in [-0.39, 0.29) is 39.0 Å². The van der Waals surface area contributed by atoms with E-state index in [2.05, 4.69) is 5.32 Å². The molecule has 5 aliphatic rings. The highest BCUT2D eigenvalue weighted by Gasteiger charge is 2.76. The standard InChI is InChI=1S/C38H46N2O11/c1-36(2,3)48-29(43)13-12-27(22-42)39-35(45)38-20-28-30-31(50-37(49-30)18-24-9-5-6-10-25(24)19-37)33(38)51-40(32(38)34(44)47-28)21-26-11-7-4-8-23(26)14-16-46-17-15-41/h4-11,14,16,27-28,30-33,41-42H,12-13,15,17-22H2,1-3H3,(H,39,45). The van der Waals surface area contributed by atoms with Crippen LogP contribution in [0.4, 0.5) is 0 Å². The highest BCUT2D eigenvalue weighted by molar-refractivity contribution is 5.94. The lowest BCUT2D eigenvalue weighted by Gasteiger charge is -2.49. The van der Waals surface area contributed by atoms with Gasteiger partial charge in [0, 0.05) is 25.7 Å². The summed E-state index contributed by atoms with van der Waals surface area (Å²) >= 11 is 0. The van der Waals surface area contributed by atoms with E-state index in [1.807, 2.05) is 48.5 Å². The number of hydrogen-bond donors (Lipinski definition) is 3. The summed E-state index contributed by atoms with van der Waals surface area (Å²) in [5.41, 5.74) is 1.66. The van der Waals surface area contributed by atoms with Crippen LogP contribution in [0, 0.1) is 5.41 Å². The van der Waals surface area contributed by atoms with E-state index in [1.54, 1.807) is 26.8 Å². The van der Waals surface area contributed by atoms with Gasteiger partial charge in [-0.25, -0.2) is 0 Å². The van der Waals surface area contributed by atoms with Crippen LogP contribution in [0.25, 0.3) is 6.08 Å². The van der Waals surface area contributed by atoms with Gasteiger partial charge in [-0.3, -0.25) is 19.2 Å². The molecule has 2 bridgehead atoms. The molecule has 0 radical (unpaired) electrons. The van der Waals surface area contributed by atoms with Crippen LogP contribution in [0.15, 0.2) is 54.8 Å². The van der Waals surface area contributed by atoms with Crippen LogP contribution < -0.4 is 5.32 Å². The molecule has 2 aromatic rings. The smallest absolute Gasteiger partial charge is 0.327 e. The van der Waals surface area contributed by atoms with Crippen LogP contribution in [0.2, 0.25) is 0 Å². The Kier molecular flexibility index (Phi) is 9.72. The molecule has 4 fully saturated rings. The summed E-state index contributed by atoms with van der Waals surface area (Å²) in [6.07, 6.45) is 1.36. The molecule has 3 N–H and O–H groups in total. The number of ether oxygens (including phenoxy) is 5. The van der Waals surface area contributed by atoms with Gasteiger partial charge in [0.1, 0.15) is 42.0 Å². The van der Waals surface area contributed by atoms with Gasteiger partial charge in [-0.2, -0.15) is 5.06 Å². The number of nitrogens with zero attached hydrogens (tertiary/aromatic N) is 1. The number of hydroxylamine groups is 2. The lowest BCUT2D eigenvalue weighted by molar-refractivity contribution is -0.217. The number of rotatable bonds is 12. The Morgan fingerprint density at radius 3 is 2.47 bits per heavy atom. The van der Waals surface area contributed by atoms with E-state index in [0.717, 1.165) is 22.3 Å². The van der Waals surface area contributed by atoms with Crippen molar-refractivity contribution < 1.29 is 53.1 Å². The van der Waals surface area contributed by atoms with Crippen molar-refractivity contribution in [2.45, 2.75) is 107 Å². The lowest BCUT2D eigenvalue weighted by atomic mass is 9.62. The van der Waals surface area contributed by atoms with E-state index in [4.69, 9.17) is 33.6 Å². The first-order valence-corrected chi connectivity index (χ1v) is 17.6. The molecule has 2 aliphatic carbocycles. The number of benzene rings is 2. The Hall–Kier alpha value is -3.85. The van der Waals surface area contributed by atoms with Gasteiger partial charge < -0.3 is 39.2 Å². The number of carbonyl (C=O) groups excluding carboxylic acids is 3. The van der Waals surface area contributed by atoms with Gasteiger partial charge in [0.2, 0.25) is 5.91 Å². The van der Waals surface area contributed by atoms with Crippen LogP contribution in [0.1, 0.15) is 62.3 Å². The molecule has 7 unspecified atom stereocenters. The zero-order chi connectivity index (χ0) is 36.0. The van der Waals surface area contributed by atoms with Crippen LogP contribution in [-0.2, 0) is 62.3 Å². The molecule has 1 saturated carbocycles. The van der Waals surface area contributed by atoms with Gasteiger partial charge in [0.25, 0.3) is 0 Å². The molecule has 274 valence electrons. The highest BCUT2D eigenvalue weighted by atomic mass is 16.8. The molecule has 3 saturated heterocycles. The van der Waals surface area contributed by atoms with Crippen LogP contribution >= 0.6 is 0 Å². The average Bonchev–Trinajstić information content (AvgIpc) is 3.76. The third kappa shape index (κ3) is 6.78. The molecule has 7 rings (SSSR count). The van der Waals surface area contributed by atoms with Crippen molar-refractivity contribution in [2.24, 2.45) is 5.41 Å². The van der Waals surface area contributed by atoms with Gasteiger partial charge in [0.15, 0.2) is 11.8 Å². The Balaban J connectivity index is 1.20. The summed E-state index contributed by atoms with van der Waals surface area (Å²) in [5, 5.41) is 23.9. The van der Waals surface area contributed by atoms with E-state index in [9.17, 15) is 19.5 Å². The molecule has 0 aromatic heterocycles. The maximum absolute atomic E-state index is 14.7. The zero-order valence-electron chi connectivity index (χ0n) is 29.1. The normalized spacial score (nSPS) is 29.4. The van der Waals surface area contributed by atoms with Crippen LogP contribution in [0.5, 0.6) is 0 Å². The average molecular weight is 707 g/mol. The number of nitrogens with one attached hydrogen (secondary N) is 1. The molecule has 1 amide bonds. The van der Waals surface area contributed by atoms with Crippen LogP contribution in [-0.4, -0.2) is 101 Å². The van der Waals surface area contributed by atoms with Crippen molar-refractivity contribution in [2.75, 3.05) is 19.8 Å². The van der Waals surface area contributed by atoms with Gasteiger partial charge >= 0.3 is 11.9 Å². The van der Waals surface area contributed by atoms with Gasteiger partial charge in [-0.15, -0.1) is 0 Å². The fraction of sp³-hybridized carbons (Fsp3) is 0.553. The molecular weight excluding hydrogens is 660 g/mol. The Morgan fingerprint density at radius 1 is 1.06 bits per heavy atom. The summed E-state index contributed by atoms with van der Waals surface area (Å²) in [4.78, 5) is 48.0. The van der Waals surface area contributed by atoms with E-state index in [0.29, 0.717) is 12.8 Å². The minimum absolute atomic E-state index is 0.0209. The molecule has 13 nitrogen and oxygen atoms in total. The van der Waals surface area contributed by atoms with Crippen molar-refractivity contribution in [1.29, 1.82) is 0 Å². The minimum Gasteiger partial charge on any atom is -0.499 e. The third-order valence-electron chi connectivity index (χ3n) is 10.3. The molecule has 2 aromatic carbocycles. The van der Waals surface area contributed by atoms with Crippen molar-refractivity contribution in [3.8, 4) is 0 Å². The number of aliphatic hydroxyl groups excluding tert-OH is 2. The van der Waals surface area contributed by atoms with E-state index >= 15 is 0 Å². The van der Waals surface area contributed by atoms with Crippen molar-refractivity contribution in [3.63, 3.8) is 0 Å². The number of carbonyl (C=O) groups is 3. The second-order valence-corrected chi connectivity index (χ2v) is 15.0. The SMILES string of the molecule is CC(C)(C)OC(=O)CCC(CO)NC(=O)C12CC3OC(=O)C1N(Cc1ccccc1C=COCCO)OC2C1OC2(Cc4ccccc4C2)OC31. The highest BCUT2D eigenvalue weighted by Crippen LogP contribution is 2.58. The van der Waals surface area contributed by atoms with Crippen molar-refractivity contribution >= 4 is 23.9 Å². The van der Waals surface area contributed by atoms with E-state index in [1.165, 1.54) is 11.3 Å². The number of aliphatic hydroxyl groups is 2. The summed E-state index contributed by atoms with van der Waals surface area (Å²) in [6.45, 7) is 5.03. The summed E-state index contributed by atoms with van der Waals surface area (Å²) < 4.78 is 30.4. The summed E-state index contributed by atoms with van der Waals surface area (Å²) in [5.74, 6) is -2.55. The first kappa shape index (κ1) is 35.5. The van der Waals surface area contributed by atoms with E-state index < -0.39 is 77.8 Å². The number of fused-ring (bicyclic) bond motifs is 5. The quantitative estimate of drug-likeness (QED) is 0.168. The van der Waals surface area contributed by atoms with Crippen molar-refractivity contribution in [1.82, 2.24) is 10.4 Å². The monoisotopic (exact) mass is 706 g/mol. The maximum atomic E-state index is 14.7. The first-order chi connectivity index (χ1) is 24.4. The molecule has 3 heterocycles. The van der Waals surface area contributed by atoms with Crippen LogP contribution in [0.3, 0.4) is 0 Å². The number of hydrogen-bond acceptors (Lipinski definition) is 12. The minimum atomic E-state index is -1.46. The van der Waals surface area contributed by atoms with Crippen molar-refractivity contribution in [3.05, 3.63) is 77.0 Å². The summed E-state index contributed by atoms with van der Waals surface area (Å²) in [6, 6.07) is 13.6. The van der Waals surface area contributed by atoms with Gasteiger partial charge in [-0.05, 0) is 55.5 Å². The second kappa shape index (κ2) is 13.9. The lowest BCUT2D eigenvalue weighted by Crippen LogP contribution is -2.70. The van der Waals surface area contributed by atoms with Gasteiger partial charge in [0.05, 0.1) is 32.1 Å². The Morgan fingerprint density at radius 2 is 1.76 bits per heavy atom. The third-order valence-corrected chi connectivity index (χ3v) is 10.3. The molecular formula is C38H46N2O11. The first-order valence-electron chi connectivity index (χ1n) is 17.6. The predicted molar refractivity (Wildman–Crippen MR) is 180 cm³/mol. The molecule has 7 atom stereocenters. The number of esters is 2. The molecule has 13 heteroatoms. The Bertz CT molecular complexity index is 1650. The summed E-state index contributed by atoms with van der Waals surface area (Å²) in [7, 11) is 0. The van der Waals surface area contributed by atoms with Gasteiger partial charge in [-0.1, -0.05) is 48.5 Å². The maximum Gasteiger partial charge on any atom is 0.327 e. The number of amides is 1. The fourth-order valence-electron chi connectivity index (χ4n) is 8.22. The molecule has 3 aliphatic heterocycles. The fourth-order valence-corrected chi connectivity index (χ4v) is 8.22. The second-order valence-electron chi connectivity index (χ2n) is 15.0. The Labute approximate surface area is 296 Å².